The normalized spacial score (nSPS) is 11.1. The summed E-state index contributed by atoms with van der Waals surface area (Å²) >= 11 is 0. The van der Waals surface area contributed by atoms with Crippen LogP contribution in [0.15, 0.2) is 119 Å². The Balaban J connectivity index is 1.14. The van der Waals surface area contributed by atoms with Gasteiger partial charge in [-0.05, 0) is 97.8 Å². The van der Waals surface area contributed by atoms with E-state index in [1.54, 1.807) is 97.1 Å². The topological polar surface area (TPSA) is 136 Å². The lowest BCUT2D eigenvalue weighted by molar-refractivity contribution is 0.0682. The number of aromatic hydroxyl groups is 2. The van der Waals surface area contributed by atoms with Crippen molar-refractivity contribution in [2.24, 2.45) is 9.98 Å². The molecule has 0 aliphatic heterocycles. The van der Waals surface area contributed by atoms with Crippen molar-refractivity contribution in [3.05, 3.63) is 131 Å². The highest BCUT2D eigenvalue weighted by molar-refractivity contribution is 5.94. The van der Waals surface area contributed by atoms with E-state index >= 15 is 0 Å². The highest BCUT2D eigenvalue weighted by Gasteiger charge is 2.16. The third-order valence-corrected chi connectivity index (χ3v) is 8.20. The Hall–Kier alpha value is -6.42. The van der Waals surface area contributed by atoms with E-state index < -0.39 is 11.9 Å². The van der Waals surface area contributed by atoms with E-state index in [0.717, 1.165) is 38.5 Å². The summed E-state index contributed by atoms with van der Waals surface area (Å²) in [5.74, 6) is 0.148. The monoisotopic (exact) mass is 728 g/mol. The van der Waals surface area contributed by atoms with Crippen molar-refractivity contribution < 1.29 is 38.7 Å². The lowest BCUT2D eigenvalue weighted by Gasteiger charge is -2.10. The Labute approximate surface area is 315 Å². The Morgan fingerprint density at radius 2 is 0.963 bits per heavy atom. The summed E-state index contributed by atoms with van der Waals surface area (Å²) in [6.45, 7) is 5.45. The SMILES string of the molecule is CCCCCOc1ccc(C=Nc2ccc(C(=O)Oc3ccccc3OC(=O)c3ccc(N=Cc4ccc(OCCCCC)cc4O)cc3)cc2)c(O)c1. The van der Waals surface area contributed by atoms with E-state index in [-0.39, 0.29) is 34.1 Å². The van der Waals surface area contributed by atoms with Crippen molar-refractivity contribution in [2.45, 2.75) is 52.4 Å². The summed E-state index contributed by atoms with van der Waals surface area (Å²) in [5.41, 5.74) is 2.70. The summed E-state index contributed by atoms with van der Waals surface area (Å²) in [6.07, 6.45) is 9.37. The predicted molar refractivity (Wildman–Crippen MR) is 210 cm³/mol. The summed E-state index contributed by atoms with van der Waals surface area (Å²) in [7, 11) is 0. The molecule has 0 aliphatic carbocycles. The van der Waals surface area contributed by atoms with Gasteiger partial charge in [-0.25, -0.2) is 9.59 Å². The lowest BCUT2D eigenvalue weighted by Crippen LogP contribution is -2.12. The third-order valence-electron chi connectivity index (χ3n) is 8.20. The first-order valence-electron chi connectivity index (χ1n) is 18.1. The van der Waals surface area contributed by atoms with Gasteiger partial charge in [0.1, 0.15) is 23.0 Å². The van der Waals surface area contributed by atoms with E-state index in [1.165, 1.54) is 24.6 Å². The molecule has 0 radical (unpaired) electrons. The molecule has 0 saturated carbocycles. The van der Waals surface area contributed by atoms with Crippen molar-refractivity contribution in [2.75, 3.05) is 13.2 Å². The van der Waals surface area contributed by atoms with Crippen LogP contribution in [0.25, 0.3) is 0 Å². The fourth-order valence-electron chi connectivity index (χ4n) is 5.12. The fraction of sp³-hybridized carbons (Fsp3) is 0.227. The van der Waals surface area contributed by atoms with Crippen LogP contribution in [0.5, 0.6) is 34.5 Å². The number of esters is 2. The maximum Gasteiger partial charge on any atom is 0.343 e. The minimum absolute atomic E-state index is 0.0521. The number of phenols is 2. The van der Waals surface area contributed by atoms with Gasteiger partial charge in [0.25, 0.3) is 0 Å². The second-order valence-corrected chi connectivity index (χ2v) is 12.4. The molecule has 0 fully saturated rings. The molecule has 0 atom stereocenters. The van der Waals surface area contributed by atoms with Gasteiger partial charge < -0.3 is 29.2 Å². The molecule has 5 aromatic carbocycles. The zero-order valence-electron chi connectivity index (χ0n) is 30.4. The molecule has 0 amide bonds. The molecule has 5 aromatic rings. The van der Waals surface area contributed by atoms with Crippen LogP contribution in [0.2, 0.25) is 0 Å². The first-order valence-corrected chi connectivity index (χ1v) is 18.1. The van der Waals surface area contributed by atoms with Gasteiger partial charge in [0.05, 0.1) is 35.7 Å². The molecule has 54 heavy (non-hydrogen) atoms. The predicted octanol–water partition coefficient (Wildman–Crippen LogP) is 10.2. The Bertz CT molecular complexity index is 1910. The zero-order chi connectivity index (χ0) is 38.1. The Morgan fingerprint density at radius 1 is 0.556 bits per heavy atom. The first kappa shape index (κ1) is 38.8. The molecule has 0 bridgehead atoms. The number of benzene rings is 5. The number of carbonyl (C=O) groups is 2. The van der Waals surface area contributed by atoms with Crippen LogP contribution in [-0.4, -0.2) is 47.8 Å². The molecule has 0 saturated heterocycles. The van der Waals surface area contributed by atoms with Crippen molar-refractivity contribution in [1.82, 2.24) is 0 Å². The van der Waals surface area contributed by atoms with Crippen LogP contribution in [0.4, 0.5) is 11.4 Å². The summed E-state index contributed by atoms with van der Waals surface area (Å²) in [6, 6.07) is 29.4. The van der Waals surface area contributed by atoms with E-state index in [4.69, 9.17) is 18.9 Å². The van der Waals surface area contributed by atoms with Crippen molar-refractivity contribution in [3.8, 4) is 34.5 Å². The molecule has 2 N–H and O–H groups in total. The van der Waals surface area contributed by atoms with Crippen molar-refractivity contribution >= 4 is 35.7 Å². The van der Waals surface area contributed by atoms with E-state index in [0.29, 0.717) is 47.2 Å². The molecular weight excluding hydrogens is 684 g/mol. The van der Waals surface area contributed by atoms with Crippen LogP contribution in [0.3, 0.4) is 0 Å². The highest BCUT2D eigenvalue weighted by Crippen LogP contribution is 2.29. The number of rotatable bonds is 18. The van der Waals surface area contributed by atoms with Gasteiger partial charge in [-0.15, -0.1) is 0 Å². The number of aliphatic imine (C=N–C) groups is 2. The number of unbranched alkanes of at least 4 members (excludes halogenated alkanes) is 4. The van der Waals surface area contributed by atoms with Gasteiger partial charge in [-0.3, -0.25) is 9.98 Å². The minimum atomic E-state index is -0.649. The number of carbonyl (C=O) groups excluding carboxylic acids is 2. The lowest BCUT2D eigenvalue weighted by atomic mass is 10.2. The van der Waals surface area contributed by atoms with Crippen LogP contribution in [0.1, 0.15) is 84.2 Å². The highest BCUT2D eigenvalue weighted by atomic mass is 16.6. The maximum atomic E-state index is 13.0. The smallest absolute Gasteiger partial charge is 0.343 e. The third kappa shape index (κ3) is 11.5. The molecule has 10 nitrogen and oxygen atoms in total. The molecule has 0 heterocycles. The van der Waals surface area contributed by atoms with Crippen molar-refractivity contribution in [3.63, 3.8) is 0 Å². The Morgan fingerprint density at radius 3 is 1.33 bits per heavy atom. The molecule has 0 unspecified atom stereocenters. The standard InChI is InChI=1S/C44H44N2O8/c1-3-5-9-25-51-37-23-17-33(39(47)27-37)29-45-35-19-13-31(14-20-35)43(49)53-41-11-7-8-12-42(41)54-44(50)32-15-21-36(22-16-32)46-30-34-18-24-38(28-40(34)48)52-26-10-6-4-2/h7-8,11-24,27-30,47-48H,3-6,9-10,25-26H2,1-2H3. The van der Waals surface area contributed by atoms with E-state index in [2.05, 4.69) is 23.8 Å². The van der Waals surface area contributed by atoms with Gasteiger partial charge in [0.2, 0.25) is 0 Å². The molecule has 5 rings (SSSR count). The van der Waals surface area contributed by atoms with E-state index in [9.17, 15) is 19.8 Å². The van der Waals surface area contributed by atoms with Gasteiger partial charge >= 0.3 is 11.9 Å². The number of nitrogens with zero attached hydrogens (tertiary/aromatic N) is 2. The molecule has 0 spiro atoms. The molecular formula is C44H44N2O8. The number of para-hydroxylation sites is 2. The number of phenolic OH excluding ortho intramolecular Hbond substituents is 2. The zero-order valence-corrected chi connectivity index (χ0v) is 30.4. The van der Waals surface area contributed by atoms with Gasteiger partial charge in [-0.2, -0.15) is 0 Å². The van der Waals surface area contributed by atoms with Crippen LogP contribution in [0, 0.1) is 0 Å². The number of ether oxygens (including phenoxy) is 4. The first-order chi connectivity index (χ1) is 26.3. The molecule has 10 heteroatoms. The molecule has 278 valence electrons. The van der Waals surface area contributed by atoms with Crippen molar-refractivity contribution in [1.29, 1.82) is 0 Å². The van der Waals surface area contributed by atoms with Gasteiger partial charge in [-0.1, -0.05) is 51.7 Å². The number of hydrogen-bond acceptors (Lipinski definition) is 10. The summed E-state index contributed by atoms with van der Waals surface area (Å²) in [4.78, 5) is 34.9. The number of hydrogen-bond donors (Lipinski definition) is 2. The summed E-state index contributed by atoms with van der Waals surface area (Å²) in [5, 5.41) is 20.8. The second kappa shape index (κ2) is 20.0. The molecule has 0 aliphatic rings. The fourth-order valence-corrected chi connectivity index (χ4v) is 5.12. The van der Waals surface area contributed by atoms with Crippen LogP contribution >= 0.6 is 0 Å². The van der Waals surface area contributed by atoms with Gasteiger partial charge in [0, 0.05) is 35.7 Å². The quantitative estimate of drug-likeness (QED) is 0.0394. The summed E-state index contributed by atoms with van der Waals surface area (Å²) < 4.78 is 22.6. The average Bonchev–Trinajstić information content (AvgIpc) is 3.18. The second-order valence-electron chi connectivity index (χ2n) is 12.4. The molecule has 0 aromatic heterocycles. The largest absolute Gasteiger partial charge is 0.507 e. The minimum Gasteiger partial charge on any atom is -0.507 e. The van der Waals surface area contributed by atoms with E-state index in [1.807, 2.05) is 0 Å². The maximum absolute atomic E-state index is 13.0. The average molecular weight is 729 g/mol. The Kier molecular flexibility index (Phi) is 14.4. The van der Waals surface area contributed by atoms with Gasteiger partial charge in [0.15, 0.2) is 11.5 Å². The van der Waals surface area contributed by atoms with Crippen LogP contribution in [-0.2, 0) is 0 Å². The van der Waals surface area contributed by atoms with Crippen LogP contribution < -0.4 is 18.9 Å².